The minimum absolute atomic E-state index is 0.0591. The van der Waals surface area contributed by atoms with Crippen molar-refractivity contribution in [2.45, 2.75) is 40.3 Å². The molecule has 8 heteroatoms. The van der Waals surface area contributed by atoms with Gasteiger partial charge in [-0.1, -0.05) is 33.8 Å². The van der Waals surface area contributed by atoms with E-state index in [0.717, 1.165) is 27.2 Å². The van der Waals surface area contributed by atoms with Gasteiger partial charge in [0.15, 0.2) is 0 Å². The molecule has 0 saturated carbocycles. The number of thiophene rings is 1. The Balaban J connectivity index is 0.000000645. The summed E-state index contributed by atoms with van der Waals surface area (Å²) < 4.78 is 0. The molecule has 0 fully saturated rings. The van der Waals surface area contributed by atoms with E-state index >= 15 is 0 Å². The maximum atomic E-state index is 13.4. The summed E-state index contributed by atoms with van der Waals surface area (Å²) in [5.41, 5.74) is 5.88. The Morgan fingerprint density at radius 1 is 1.23 bits per heavy atom. The lowest BCUT2D eigenvalue weighted by atomic mass is 9.96. The Kier molecular flexibility index (Phi) is 7.22. The summed E-state index contributed by atoms with van der Waals surface area (Å²) in [7, 11) is 4.00. The van der Waals surface area contributed by atoms with Gasteiger partial charge >= 0.3 is 0 Å². The second-order valence-corrected chi connectivity index (χ2v) is 7.91. The third-order valence-corrected chi connectivity index (χ3v) is 6.14. The highest BCUT2D eigenvalue weighted by Crippen LogP contribution is 2.38. The van der Waals surface area contributed by atoms with Crippen molar-refractivity contribution in [2.24, 2.45) is 16.0 Å². The second kappa shape index (κ2) is 9.87. The first-order chi connectivity index (χ1) is 15.1. The number of pyridine rings is 1. The fourth-order valence-corrected chi connectivity index (χ4v) is 4.76. The van der Waals surface area contributed by atoms with Gasteiger partial charge in [-0.2, -0.15) is 5.10 Å². The minimum atomic E-state index is -0.0591. The first kappa shape index (κ1) is 22.7. The van der Waals surface area contributed by atoms with Crippen LogP contribution in [0.15, 0.2) is 46.3 Å². The van der Waals surface area contributed by atoms with Crippen LogP contribution < -0.4 is 10.3 Å². The van der Waals surface area contributed by atoms with Gasteiger partial charge in [-0.05, 0) is 18.2 Å². The molecule has 5 rings (SSSR count). The molecule has 1 aliphatic carbocycles. The summed E-state index contributed by atoms with van der Waals surface area (Å²) in [4.78, 5) is 27.7. The number of nitrogens with one attached hydrogen (secondary N) is 1. The van der Waals surface area contributed by atoms with Gasteiger partial charge in [0, 0.05) is 54.8 Å². The summed E-state index contributed by atoms with van der Waals surface area (Å²) in [6.07, 6.45) is 11.3. The number of fused-ring (bicyclic) bond motifs is 4. The molecule has 2 unspecified atom stereocenters. The van der Waals surface area contributed by atoms with Crippen LogP contribution in [-0.4, -0.2) is 48.5 Å². The Morgan fingerprint density at radius 2 is 2.00 bits per heavy atom. The molecule has 4 heterocycles. The third-order valence-electron chi connectivity index (χ3n) is 5.01. The number of hydrogen-bond donors (Lipinski definition) is 1. The number of carbonyl (C=O) groups is 1. The number of rotatable bonds is 2. The fourth-order valence-electron chi connectivity index (χ4n) is 3.65. The average Bonchev–Trinajstić information content (AvgIpc) is 3.39. The molecule has 2 atom stereocenters. The SMILES string of the molecule is CC.CC.CN(C)c1ccnc2sc3c(c12)CN=CN(C1=CC2C=NNC2C=C1)C3=O. The van der Waals surface area contributed by atoms with Gasteiger partial charge in [0.05, 0.1) is 18.9 Å². The van der Waals surface area contributed by atoms with Gasteiger partial charge in [-0.3, -0.25) is 14.7 Å². The van der Waals surface area contributed by atoms with Gasteiger partial charge in [0.25, 0.3) is 5.91 Å². The molecule has 0 aromatic carbocycles. The van der Waals surface area contributed by atoms with Crippen LogP contribution in [0.25, 0.3) is 10.2 Å². The van der Waals surface area contributed by atoms with E-state index < -0.39 is 0 Å². The first-order valence-electron chi connectivity index (χ1n) is 10.7. The standard InChI is InChI=1S/C19H18N6OS.2C2H6/c1-24(2)15-5-6-21-18-16(15)13-9-20-10-25(19(26)17(13)27-18)12-3-4-14-11(7-12)8-22-23-14;2*1-2/h3-8,10-11,14,23H,9H2,1-2H3;2*1-2H3. The molecule has 0 saturated heterocycles. The third kappa shape index (κ3) is 4.12. The maximum Gasteiger partial charge on any atom is 0.274 e. The number of aliphatic imine (C=N–C) groups is 1. The molecular weight excluding hydrogens is 408 g/mol. The lowest BCUT2D eigenvalue weighted by molar-refractivity contribution is 0.0889. The van der Waals surface area contributed by atoms with E-state index in [0.29, 0.717) is 11.4 Å². The average molecular weight is 439 g/mol. The molecule has 0 radical (unpaired) electrons. The van der Waals surface area contributed by atoms with Gasteiger partial charge in [-0.25, -0.2) is 4.98 Å². The van der Waals surface area contributed by atoms with E-state index in [1.54, 1.807) is 17.4 Å². The van der Waals surface area contributed by atoms with Crippen LogP contribution in [0.3, 0.4) is 0 Å². The van der Waals surface area contributed by atoms with Crippen LogP contribution in [0.2, 0.25) is 0 Å². The smallest absolute Gasteiger partial charge is 0.274 e. The summed E-state index contributed by atoms with van der Waals surface area (Å²) in [6.45, 7) is 8.47. The molecule has 2 aromatic rings. The number of hydrogen-bond acceptors (Lipinski definition) is 7. The van der Waals surface area contributed by atoms with E-state index in [1.807, 2.05) is 71.1 Å². The van der Waals surface area contributed by atoms with Crippen LogP contribution in [-0.2, 0) is 6.54 Å². The Hall–Kier alpha value is -3.00. The van der Waals surface area contributed by atoms with Crippen LogP contribution in [0.4, 0.5) is 5.69 Å². The molecule has 2 aromatic heterocycles. The first-order valence-corrected chi connectivity index (χ1v) is 11.5. The van der Waals surface area contributed by atoms with Crippen LogP contribution in [0.5, 0.6) is 0 Å². The molecule has 0 bridgehead atoms. The molecule has 31 heavy (non-hydrogen) atoms. The van der Waals surface area contributed by atoms with E-state index in [-0.39, 0.29) is 17.9 Å². The van der Waals surface area contributed by atoms with Crippen LogP contribution in [0.1, 0.15) is 42.9 Å². The molecule has 7 nitrogen and oxygen atoms in total. The Morgan fingerprint density at radius 3 is 2.74 bits per heavy atom. The van der Waals surface area contributed by atoms with Crippen molar-refractivity contribution in [2.75, 3.05) is 19.0 Å². The van der Waals surface area contributed by atoms with E-state index in [9.17, 15) is 4.79 Å². The molecule has 1 amide bonds. The van der Waals surface area contributed by atoms with E-state index in [4.69, 9.17) is 0 Å². The normalized spacial score (nSPS) is 20.5. The van der Waals surface area contributed by atoms with Gasteiger partial charge in [0.2, 0.25) is 0 Å². The van der Waals surface area contributed by atoms with E-state index in [1.165, 1.54) is 11.3 Å². The Labute approximate surface area is 187 Å². The zero-order chi connectivity index (χ0) is 22.5. The zero-order valence-electron chi connectivity index (χ0n) is 19.0. The quantitative estimate of drug-likeness (QED) is 0.753. The highest BCUT2D eigenvalue weighted by Gasteiger charge is 2.31. The van der Waals surface area contributed by atoms with Crippen molar-refractivity contribution in [1.29, 1.82) is 0 Å². The van der Waals surface area contributed by atoms with Crippen molar-refractivity contribution < 1.29 is 4.79 Å². The number of amides is 1. The van der Waals surface area contributed by atoms with E-state index in [2.05, 4.69) is 26.6 Å². The molecular formula is C23H30N6OS. The minimum Gasteiger partial charge on any atom is -0.377 e. The highest BCUT2D eigenvalue weighted by molar-refractivity contribution is 7.20. The zero-order valence-corrected chi connectivity index (χ0v) is 19.8. The number of nitrogens with zero attached hydrogens (tertiary/aromatic N) is 5. The molecule has 3 aliphatic rings. The fraction of sp³-hybridized carbons (Fsp3) is 0.391. The summed E-state index contributed by atoms with van der Waals surface area (Å²) >= 11 is 1.44. The van der Waals surface area contributed by atoms with Crippen molar-refractivity contribution in [3.05, 3.63) is 46.6 Å². The van der Waals surface area contributed by atoms with Gasteiger partial charge in [-0.15, -0.1) is 11.3 Å². The van der Waals surface area contributed by atoms with Crippen molar-refractivity contribution in [1.82, 2.24) is 15.3 Å². The number of carbonyl (C=O) groups excluding carboxylic acids is 1. The molecule has 164 valence electrons. The topological polar surface area (TPSA) is 73.2 Å². The Bertz CT molecular complexity index is 1070. The summed E-state index contributed by atoms with van der Waals surface area (Å²) in [5.74, 6) is 0.0922. The number of aromatic nitrogens is 1. The number of allylic oxidation sites excluding steroid dienone is 1. The second-order valence-electron chi connectivity index (χ2n) is 6.91. The van der Waals surface area contributed by atoms with Crippen molar-refractivity contribution in [3.8, 4) is 0 Å². The predicted molar refractivity (Wildman–Crippen MR) is 131 cm³/mol. The summed E-state index contributed by atoms with van der Waals surface area (Å²) in [6, 6.07) is 2.14. The lowest BCUT2D eigenvalue weighted by Gasteiger charge is -2.23. The highest BCUT2D eigenvalue weighted by atomic mass is 32.1. The predicted octanol–water partition coefficient (Wildman–Crippen LogP) is 4.43. The van der Waals surface area contributed by atoms with Crippen molar-refractivity contribution >= 4 is 45.7 Å². The van der Waals surface area contributed by atoms with Crippen LogP contribution in [0, 0.1) is 5.92 Å². The maximum absolute atomic E-state index is 13.4. The van der Waals surface area contributed by atoms with Crippen molar-refractivity contribution in [3.63, 3.8) is 0 Å². The lowest BCUT2D eigenvalue weighted by Crippen LogP contribution is -2.32. The summed E-state index contributed by atoms with van der Waals surface area (Å²) in [5, 5.41) is 5.14. The van der Waals surface area contributed by atoms with Gasteiger partial charge < -0.3 is 10.3 Å². The molecule has 1 N–H and O–H groups in total. The van der Waals surface area contributed by atoms with Gasteiger partial charge in [0.1, 0.15) is 9.71 Å². The number of anilines is 1. The monoisotopic (exact) mass is 438 g/mol. The largest absolute Gasteiger partial charge is 0.377 e. The van der Waals surface area contributed by atoms with Crippen LogP contribution >= 0.6 is 11.3 Å². The molecule has 2 aliphatic heterocycles. The molecule has 0 spiro atoms. The number of hydrazone groups is 1.